The van der Waals surface area contributed by atoms with Crippen LogP contribution in [0.25, 0.3) is 0 Å². The number of hydrogen-bond donors (Lipinski definition) is 3. The summed E-state index contributed by atoms with van der Waals surface area (Å²) in [6.45, 7) is 13.3. The fraction of sp³-hybridized carbons (Fsp3) is 0.667. The van der Waals surface area contributed by atoms with Crippen LogP contribution in [0, 0.1) is 13.8 Å². The van der Waals surface area contributed by atoms with Crippen molar-refractivity contribution in [2.75, 3.05) is 19.7 Å². The molecule has 0 radical (unpaired) electrons. The maximum absolute atomic E-state index is 14.3. The number of rotatable bonds is 19. The summed E-state index contributed by atoms with van der Waals surface area (Å²) in [5.41, 5.74) is 7.01. The summed E-state index contributed by atoms with van der Waals surface area (Å²) >= 11 is 0. The Morgan fingerprint density at radius 3 is 2.09 bits per heavy atom. The van der Waals surface area contributed by atoms with E-state index in [-0.39, 0.29) is 39.0 Å². The smallest absolute Gasteiger partial charge is 0.408 e. The van der Waals surface area contributed by atoms with Gasteiger partial charge in [-0.05, 0) is 59.9 Å². The number of ether oxygens (including phenoxy) is 2. The van der Waals surface area contributed by atoms with Gasteiger partial charge < -0.3 is 30.7 Å². The van der Waals surface area contributed by atoms with Gasteiger partial charge >= 0.3 is 12.1 Å². The quantitative estimate of drug-likeness (QED) is 0.149. The van der Waals surface area contributed by atoms with Crippen LogP contribution >= 0.6 is 0 Å². The molecule has 1 aromatic rings. The summed E-state index contributed by atoms with van der Waals surface area (Å²) in [6, 6.07) is 3.44. The molecule has 0 saturated heterocycles. The molecule has 44 heavy (non-hydrogen) atoms. The summed E-state index contributed by atoms with van der Waals surface area (Å²) in [5, 5.41) is 5.42. The molecule has 4 N–H and O–H groups in total. The molecule has 0 fully saturated rings. The molecule has 0 bridgehead atoms. The normalized spacial score (nSPS) is 12.5. The van der Waals surface area contributed by atoms with Gasteiger partial charge in [-0.3, -0.25) is 19.2 Å². The lowest BCUT2D eigenvalue weighted by atomic mass is 9.97. The van der Waals surface area contributed by atoms with E-state index < -0.39 is 47.5 Å². The molecule has 1 aromatic carbocycles. The Balaban J connectivity index is 3.52. The highest BCUT2D eigenvalue weighted by atomic mass is 16.6. The number of amides is 4. The first-order valence-electron chi connectivity index (χ1n) is 15.8. The van der Waals surface area contributed by atoms with Crippen molar-refractivity contribution in [1.82, 2.24) is 15.5 Å². The molecule has 2 unspecified atom stereocenters. The van der Waals surface area contributed by atoms with Crippen LogP contribution in [-0.2, 0) is 28.7 Å². The zero-order chi connectivity index (χ0) is 33.3. The molecular formula is C33H54N4O7. The van der Waals surface area contributed by atoms with Crippen molar-refractivity contribution in [2.24, 2.45) is 5.73 Å². The van der Waals surface area contributed by atoms with Gasteiger partial charge in [-0.25, -0.2) is 4.79 Å². The molecule has 0 aromatic heterocycles. The zero-order valence-electron chi connectivity index (χ0n) is 27.8. The van der Waals surface area contributed by atoms with Crippen LogP contribution in [0.5, 0.6) is 0 Å². The Morgan fingerprint density at radius 1 is 0.909 bits per heavy atom. The highest BCUT2D eigenvalue weighted by Gasteiger charge is 2.36. The van der Waals surface area contributed by atoms with E-state index in [0.717, 1.165) is 43.2 Å². The highest BCUT2D eigenvalue weighted by Crippen LogP contribution is 2.26. The lowest BCUT2D eigenvalue weighted by Gasteiger charge is -2.35. The summed E-state index contributed by atoms with van der Waals surface area (Å²) < 4.78 is 10.4. The SMILES string of the molecule is CCCCCCCCN(C(=O)C(CCC(N)=O)NC(=O)OC(C)(C)C)C(C(=O)NCCC(=O)OCC)c1cc(C)cc(C)c1. The van der Waals surface area contributed by atoms with E-state index in [1.807, 2.05) is 32.0 Å². The third-order valence-electron chi connectivity index (χ3n) is 6.76. The Morgan fingerprint density at radius 2 is 1.52 bits per heavy atom. The van der Waals surface area contributed by atoms with E-state index in [4.69, 9.17) is 15.2 Å². The van der Waals surface area contributed by atoms with Crippen molar-refractivity contribution in [3.63, 3.8) is 0 Å². The van der Waals surface area contributed by atoms with Gasteiger partial charge in [0.05, 0.1) is 13.0 Å². The van der Waals surface area contributed by atoms with E-state index in [2.05, 4.69) is 17.6 Å². The number of unbranched alkanes of at least 4 members (excludes halogenated alkanes) is 5. The van der Waals surface area contributed by atoms with E-state index in [1.54, 1.807) is 27.7 Å². The number of alkyl carbamates (subject to hydrolysis) is 1. The minimum atomic E-state index is -1.17. The van der Waals surface area contributed by atoms with Crippen LogP contribution < -0.4 is 16.4 Å². The van der Waals surface area contributed by atoms with E-state index in [9.17, 15) is 24.0 Å². The Labute approximate surface area is 263 Å². The average molecular weight is 619 g/mol. The highest BCUT2D eigenvalue weighted by molar-refractivity contribution is 5.92. The second-order valence-electron chi connectivity index (χ2n) is 12.2. The Bertz CT molecular complexity index is 1080. The lowest BCUT2D eigenvalue weighted by Crippen LogP contribution is -2.53. The molecule has 4 amide bonds. The van der Waals surface area contributed by atoms with Crippen LogP contribution in [0.2, 0.25) is 0 Å². The number of primary amides is 1. The van der Waals surface area contributed by atoms with Crippen molar-refractivity contribution < 1.29 is 33.4 Å². The second kappa shape index (κ2) is 19.6. The standard InChI is InChI=1S/C33H54N4O7/c1-8-10-11-12-13-14-19-37(31(41)26(15-16-27(34)38)36-32(42)44-33(5,6)7)29(25-21-23(3)20-24(4)22-25)30(40)35-18-17-28(39)43-9-2/h20-22,26,29H,8-19H2,1-7H3,(H2,34,38)(H,35,40)(H,36,42). The number of aryl methyl sites for hydroxylation is 2. The molecule has 0 aliphatic carbocycles. The monoisotopic (exact) mass is 618 g/mol. The van der Waals surface area contributed by atoms with Crippen molar-refractivity contribution in [1.29, 1.82) is 0 Å². The van der Waals surface area contributed by atoms with Crippen LogP contribution in [0.1, 0.15) is 115 Å². The molecular weight excluding hydrogens is 564 g/mol. The minimum absolute atomic E-state index is 0.0219. The number of nitrogens with zero attached hydrogens (tertiary/aromatic N) is 1. The molecule has 2 atom stereocenters. The molecule has 0 saturated carbocycles. The first-order chi connectivity index (χ1) is 20.7. The van der Waals surface area contributed by atoms with Crippen molar-refractivity contribution in [3.8, 4) is 0 Å². The Hall–Kier alpha value is -3.63. The third-order valence-corrected chi connectivity index (χ3v) is 6.76. The van der Waals surface area contributed by atoms with Gasteiger partial charge in [-0.15, -0.1) is 0 Å². The number of esters is 1. The van der Waals surface area contributed by atoms with Crippen LogP contribution in [0.15, 0.2) is 18.2 Å². The number of benzene rings is 1. The van der Waals surface area contributed by atoms with Gasteiger partial charge in [0.1, 0.15) is 17.7 Å². The van der Waals surface area contributed by atoms with E-state index >= 15 is 0 Å². The number of carbonyl (C=O) groups is 5. The van der Waals surface area contributed by atoms with E-state index in [1.165, 1.54) is 4.90 Å². The van der Waals surface area contributed by atoms with E-state index in [0.29, 0.717) is 12.0 Å². The minimum Gasteiger partial charge on any atom is -0.466 e. The van der Waals surface area contributed by atoms with Gasteiger partial charge in [0.2, 0.25) is 17.7 Å². The number of hydrogen-bond acceptors (Lipinski definition) is 7. The molecule has 11 heteroatoms. The summed E-state index contributed by atoms with van der Waals surface area (Å²) in [5.74, 6) is -2.07. The average Bonchev–Trinajstić information content (AvgIpc) is 2.90. The predicted octanol–water partition coefficient (Wildman–Crippen LogP) is 4.76. The van der Waals surface area contributed by atoms with Gasteiger partial charge in [0.15, 0.2) is 0 Å². The summed E-state index contributed by atoms with van der Waals surface area (Å²) in [4.78, 5) is 66.1. The van der Waals surface area contributed by atoms with Crippen LogP contribution in [0.4, 0.5) is 4.79 Å². The topological polar surface area (TPSA) is 157 Å². The fourth-order valence-electron chi connectivity index (χ4n) is 4.88. The first-order valence-corrected chi connectivity index (χ1v) is 15.8. The van der Waals surface area contributed by atoms with Crippen molar-refractivity contribution in [2.45, 2.75) is 124 Å². The first kappa shape index (κ1) is 38.4. The molecule has 11 nitrogen and oxygen atoms in total. The van der Waals surface area contributed by atoms with Crippen molar-refractivity contribution >= 4 is 29.8 Å². The number of nitrogens with one attached hydrogen (secondary N) is 2. The summed E-state index contributed by atoms with van der Waals surface area (Å²) in [7, 11) is 0. The largest absolute Gasteiger partial charge is 0.466 e. The fourth-order valence-corrected chi connectivity index (χ4v) is 4.88. The van der Waals surface area contributed by atoms with Gasteiger partial charge in [-0.1, -0.05) is 68.4 Å². The molecule has 1 rings (SSSR count). The Kier molecular flexibility index (Phi) is 17.1. The zero-order valence-corrected chi connectivity index (χ0v) is 27.8. The maximum Gasteiger partial charge on any atom is 0.408 e. The number of nitrogens with two attached hydrogens (primary N) is 1. The predicted molar refractivity (Wildman–Crippen MR) is 170 cm³/mol. The van der Waals surface area contributed by atoms with Gasteiger partial charge in [0, 0.05) is 19.5 Å². The van der Waals surface area contributed by atoms with Gasteiger partial charge in [-0.2, -0.15) is 0 Å². The second-order valence-corrected chi connectivity index (χ2v) is 12.2. The molecule has 0 spiro atoms. The third kappa shape index (κ3) is 15.2. The maximum atomic E-state index is 14.3. The molecule has 0 aliphatic heterocycles. The molecule has 0 heterocycles. The van der Waals surface area contributed by atoms with Gasteiger partial charge in [0.25, 0.3) is 0 Å². The lowest BCUT2D eigenvalue weighted by molar-refractivity contribution is -0.144. The van der Waals surface area contributed by atoms with Crippen LogP contribution in [-0.4, -0.2) is 66.0 Å². The molecule has 248 valence electrons. The van der Waals surface area contributed by atoms with Crippen molar-refractivity contribution in [3.05, 3.63) is 34.9 Å². The van der Waals surface area contributed by atoms with Crippen LogP contribution in [0.3, 0.4) is 0 Å². The summed E-state index contributed by atoms with van der Waals surface area (Å²) in [6.07, 6.45) is 4.68. The molecule has 0 aliphatic rings. The number of carbonyl (C=O) groups excluding carboxylic acids is 5.